The van der Waals surface area contributed by atoms with Crippen LogP contribution in [0.5, 0.6) is 0 Å². The average molecular weight is 303 g/mol. The molecule has 7 nitrogen and oxygen atoms in total. The minimum atomic E-state index is -3.38. The van der Waals surface area contributed by atoms with E-state index in [-0.39, 0.29) is 18.2 Å². The van der Waals surface area contributed by atoms with Crippen LogP contribution in [-0.2, 0) is 19.6 Å². The standard InChI is InChI=1S/C12H21N3O4S/c1-20(18,19)15-7-3-2-4-10(15)12(17)14-8-5-11(16)13-6-9-14/h10H,2-9H2,1H3,(H,13,16). The highest BCUT2D eigenvalue weighted by molar-refractivity contribution is 7.88. The van der Waals surface area contributed by atoms with Crippen molar-refractivity contribution in [2.24, 2.45) is 0 Å². The van der Waals surface area contributed by atoms with E-state index in [1.807, 2.05) is 0 Å². The molecule has 2 rings (SSSR count). The molecule has 0 spiro atoms. The number of carbonyl (C=O) groups is 2. The predicted molar refractivity (Wildman–Crippen MR) is 73.4 cm³/mol. The van der Waals surface area contributed by atoms with E-state index in [0.717, 1.165) is 19.1 Å². The number of sulfonamides is 1. The van der Waals surface area contributed by atoms with E-state index >= 15 is 0 Å². The topological polar surface area (TPSA) is 86.8 Å². The first-order chi connectivity index (χ1) is 9.39. The molecule has 2 aliphatic rings. The van der Waals surface area contributed by atoms with Gasteiger partial charge in [0.2, 0.25) is 21.8 Å². The maximum absolute atomic E-state index is 12.6. The van der Waals surface area contributed by atoms with Crippen molar-refractivity contribution in [2.75, 3.05) is 32.4 Å². The van der Waals surface area contributed by atoms with Gasteiger partial charge in [-0.05, 0) is 12.8 Å². The SMILES string of the molecule is CS(=O)(=O)N1CCCCC1C(=O)N1CCNC(=O)CC1. The lowest BCUT2D eigenvalue weighted by Gasteiger charge is -2.35. The fourth-order valence-corrected chi connectivity index (χ4v) is 3.87. The van der Waals surface area contributed by atoms with Crippen molar-refractivity contribution >= 4 is 21.8 Å². The smallest absolute Gasteiger partial charge is 0.241 e. The van der Waals surface area contributed by atoms with Crippen LogP contribution in [0.15, 0.2) is 0 Å². The van der Waals surface area contributed by atoms with E-state index in [1.165, 1.54) is 4.31 Å². The number of carbonyl (C=O) groups excluding carboxylic acids is 2. The Morgan fingerprint density at radius 1 is 1.25 bits per heavy atom. The summed E-state index contributed by atoms with van der Waals surface area (Å²) in [5.74, 6) is -0.240. The van der Waals surface area contributed by atoms with E-state index < -0.39 is 16.1 Å². The molecular weight excluding hydrogens is 282 g/mol. The molecule has 0 saturated carbocycles. The predicted octanol–water partition coefficient (Wildman–Crippen LogP) is -0.851. The summed E-state index contributed by atoms with van der Waals surface area (Å²) in [6.07, 6.45) is 3.62. The number of hydrogen-bond acceptors (Lipinski definition) is 4. The Kier molecular flexibility index (Phi) is 4.64. The zero-order valence-corrected chi connectivity index (χ0v) is 12.5. The second-order valence-electron chi connectivity index (χ2n) is 5.31. The zero-order valence-electron chi connectivity index (χ0n) is 11.7. The molecule has 8 heteroatoms. The van der Waals surface area contributed by atoms with Gasteiger partial charge in [-0.25, -0.2) is 8.42 Å². The number of rotatable bonds is 2. The van der Waals surface area contributed by atoms with Crippen molar-refractivity contribution < 1.29 is 18.0 Å². The highest BCUT2D eigenvalue weighted by Gasteiger charge is 2.37. The Hall–Kier alpha value is -1.15. The molecule has 1 atom stereocenters. The molecular formula is C12H21N3O4S. The molecule has 0 aliphatic carbocycles. The van der Waals surface area contributed by atoms with Crippen LogP contribution in [-0.4, -0.2) is 67.9 Å². The van der Waals surface area contributed by atoms with Gasteiger partial charge in [-0.2, -0.15) is 4.31 Å². The molecule has 0 aromatic rings. The minimum Gasteiger partial charge on any atom is -0.354 e. The van der Waals surface area contributed by atoms with Crippen LogP contribution in [0.4, 0.5) is 0 Å². The quantitative estimate of drug-likeness (QED) is 0.720. The van der Waals surface area contributed by atoms with Crippen LogP contribution < -0.4 is 5.32 Å². The maximum Gasteiger partial charge on any atom is 0.241 e. The highest BCUT2D eigenvalue weighted by Crippen LogP contribution is 2.22. The molecule has 1 unspecified atom stereocenters. The van der Waals surface area contributed by atoms with E-state index in [0.29, 0.717) is 32.6 Å². The number of hydrogen-bond donors (Lipinski definition) is 1. The molecule has 2 saturated heterocycles. The molecule has 1 N–H and O–H groups in total. The Balaban J connectivity index is 2.11. The van der Waals surface area contributed by atoms with E-state index in [9.17, 15) is 18.0 Å². The normalized spacial score (nSPS) is 25.9. The molecule has 2 heterocycles. The Bertz CT molecular complexity index is 491. The summed E-state index contributed by atoms with van der Waals surface area (Å²) in [7, 11) is -3.38. The Labute approximate surface area is 119 Å². The van der Waals surface area contributed by atoms with Gasteiger partial charge in [0, 0.05) is 32.6 Å². The number of amides is 2. The summed E-state index contributed by atoms with van der Waals surface area (Å²) in [6, 6.07) is -0.605. The van der Waals surface area contributed by atoms with Gasteiger partial charge in [-0.3, -0.25) is 9.59 Å². The van der Waals surface area contributed by atoms with Crippen molar-refractivity contribution in [3.63, 3.8) is 0 Å². The summed E-state index contributed by atoms with van der Waals surface area (Å²) in [6.45, 7) is 1.63. The van der Waals surface area contributed by atoms with Crippen LogP contribution in [0.2, 0.25) is 0 Å². The van der Waals surface area contributed by atoms with Crippen LogP contribution in [0.1, 0.15) is 25.7 Å². The van der Waals surface area contributed by atoms with Crippen molar-refractivity contribution in [1.82, 2.24) is 14.5 Å². The van der Waals surface area contributed by atoms with Crippen molar-refractivity contribution in [3.8, 4) is 0 Å². The number of nitrogens with one attached hydrogen (secondary N) is 1. The van der Waals surface area contributed by atoms with Gasteiger partial charge >= 0.3 is 0 Å². The fourth-order valence-electron chi connectivity index (χ4n) is 2.75. The third kappa shape index (κ3) is 3.49. The van der Waals surface area contributed by atoms with Gasteiger partial charge in [-0.1, -0.05) is 6.42 Å². The molecule has 114 valence electrons. The lowest BCUT2D eigenvalue weighted by Crippen LogP contribution is -2.53. The number of piperidine rings is 1. The highest BCUT2D eigenvalue weighted by atomic mass is 32.2. The Morgan fingerprint density at radius 2 is 2.00 bits per heavy atom. The second-order valence-corrected chi connectivity index (χ2v) is 7.25. The van der Waals surface area contributed by atoms with Crippen LogP contribution in [0, 0.1) is 0 Å². The summed E-state index contributed by atoms with van der Waals surface area (Å²) in [4.78, 5) is 25.4. The minimum absolute atomic E-state index is 0.0658. The van der Waals surface area contributed by atoms with Gasteiger partial charge in [0.25, 0.3) is 0 Å². The van der Waals surface area contributed by atoms with Gasteiger partial charge in [0.15, 0.2) is 0 Å². The van der Waals surface area contributed by atoms with Gasteiger partial charge < -0.3 is 10.2 Å². The van der Waals surface area contributed by atoms with Crippen molar-refractivity contribution in [1.29, 1.82) is 0 Å². The fraction of sp³-hybridized carbons (Fsp3) is 0.833. The van der Waals surface area contributed by atoms with Crippen LogP contribution in [0.3, 0.4) is 0 Å². The molecule has 0 bridgehead atoms. The summed E-state index contributed by atoms with van der Waals surface area (Å²) in [5, 5.41) is 2.71. The van der Waals surface area contributed by atoms with Gasteiger partial charge in [0.1, 0.15) is 6.04 Å². The van der Waals surface area contributed by atoms with Gasteiger partial charge in [-0.15, -0.1) is 0 Å². The Morgan fingerprint density at radius 3 is 2.70 bits per heavy atom. The second kappa shape index (κ2) is 6.09. The first-order valence-corrected chi connectivity index (χ1v) is 8.77. The molecule has 2 amide bonds. The van der Waals surface area contributed by atoms with Gasteiger partial charge in [0.05, 0.1) is 6.26 Å². The summed E-state index contributed by atoms with van der Waals surface area (Å²) in [5.41, 5.74) is 0. The lowest BCUT2D eigenvalue weighted by molar-refractivity contribution is -0.136. The first-order valence-electron chi connectivity index (χ1n) is 6.92. The van der Waals surface area contributed by atoms with Crippen molar-refractivity contribution in [3.05, 3.63) is 0 Å². The van der Waals surface area contributed by atoms with Crippen LogP contribution in [0.25, 0.3) is 0 Å². The maximum atomic E-state index is 12.6. The molecule has 0 aromatic heterocycles. The molecule has 0 aromatic carbocycles. The zero-order chi connectivity index (χ0) is 14.8. The monoisotopic (exact) mass is 303 g/mol. The van der Waals surface area contributed by atoms with E-state index in [1.54, 1.807) is 4.90 Å². The third-order valence-corrected chi connectivity index (χ3v) is 5.08. The summed E-state index contributed by atoms with van der Waals surface area (Å²) >= 11 is 0. The molecule has 2 fully saturated rings. The van der Waals surface area contributed by atoms with E-state index in [4.69, 9.17) is 0 Å². The molecule has 0 radical (unpaired) electrons. The molecule has 2 aliphatic heterocycles. The van der Waals surface area contributed by atoms with E-state index in [2.05, 4.69) is 5.32 Å². The average Bonchev–Trinajstić information content (AvgIpc) is 2.62. The van der Waals surface area contributed by atoms with Crippen LogP contribution >= 0.6 is 0 Å². The number of nitrogens with zero attached hydrogens (tertiary/aromatic N) is 2. The third-order valence-electron chi connectivity index (χ3n) is 3.79. The summed E-state index contributed by atoms with van der Waals surface area (Å²) < 4.78 is 24.9. The first kappa shape index (κ1) is 15.2. The van der Waals surface area contributed by atoms with Crippen molar-refractivity contribution in [2.45, 2.75) is 31.7 Å². The lowest BCUT2D eigenvalue weighted by atomic mass is 10.0. The largest absolute Gasteiger partial charge is 0.354 e. The molecule has 20 heavy (non-hydrogen) atoms.